The molecule has 8 heteroatoms. The van der Waals surface area contributed by atoms with Gasteiger partial charge in [-0.1, -0.05) is 0 Å². The van der Waals surface area contributed by atoms with Crippen LogP contribution in [0.4, 0.5) is 17.6 Å². The number of aryl methyl sites for hydroxylation is 1. The molecule has 4 nitrogen and oxygen atoms in total. The minimum Gasteiger partial charge on any atom is -0.346 e. The van der Waals surface area contributed by atoms with Gasteiger partial charge in [-0.2, -0.15) is 18.3 Å². The summed E-state index contributed by atoms with van der Waals surface area (Å²) >= 11 is 0. The second-order valence-electron chi connectivity index (χ2n) is 4.32. The van der Waals surface area contributed by atoms with E-state index < -0.39 is 29.0 Å². The molecule has 0 fully saturated rings. The third kappa shape index (κ3) is 3.39. The van der Waals surface area contributed by atoms with Crippen molar-refractivity contribution in [3.8, 4) is 0 Å². The quantitative estimate of drug-likeness (QED) is 0.886. The normalized spacial score (nSPS) is 11.5. The smallest absolute Gasteiger partial charge is 0.346 e. The van der Waals surface area contributed by atoms with E-state index in [1.165, 1.54) is 10.9 Å². The highest BCUT2D eigenvalue weighted by Gasteiger charge is 2.31. The Hall–Kier alpha value is -2.38. The van der Waals surface area contributed by atoms with E-state index in [0.717, 1.165) is 0 Å². The summed E-state index contributed by atoms with van der Waals surface area (Å²) in [5.41, 5.74) is -1.09. The van der Waals surface area contributed by atoms with Crippen LogP contribution in [0.25, 0.3) is 0 Å². The first-order valence-corrected chi connectivity index (χ1v) is 5.91. The molecule has 1 aromatic heterocycles. The first-order valence-electron chi connectivity index (χ1n) is 5.91. The standard InChI is InChI=1S/C13H11F4N3O/c1-20-9(4-5-19-20)7-18-12(21)10-6-8(13(15,16)17)2-3-11(10)14/h2-6H,7H2,1H3,(H,18,21). The van der Waals surface area contributed by atoms with E-state index in [1.807, 2.05) is 0 Å². The van der Waals surface area contributed by atoms with Crippen molar-refractivity contribution in [2.75, 3.05) is 0 Å². The maximum atomic E-state index is 13.5. The number of nitrogens with zero attached hydrogens (tertiary/aromatic N) is 2. The molecule has 2 aromatic rings. The average molecular weight is 301 g/mol. The number of benzene rings is 1. The number of alkyl halides is 3. The first-order chi connectivity index (χ1) is 9.79. The van der Waals surface area contributed by atoms with Crippen LogP contribution in [-0.4, -0.2) is 15.7 Å². The zero-order chi connectivity index (χ0) is 15.6. The number of hydrogen-bond donors (Lipinski definition) is 1. The number of halogens is 4. The molecule has 112 valence electrons. The van der Waals surface area contributed by atoms with E-state index in [9.17, 15) is 22.4 Å². The highest BCUT2D eigenvalue weighted by atomic mass is 19.4. The van der Waals surface area contributed by atoms with Crippen molar-refractivity contribution in [2.45, 2.75) is 12.7 Å². The third-order valence-corrected chi connectivity index (χ3v) is 2.89. The molecule has 0 aliphatic rings. The van der Waals surface area contributed by atoms with Gasteiger partial charge in [0.1, 0.15) is 5.82 Å². The van der Waals surface area contributed by atoms with Crippen LogP contribution in [-0.2, 0) is 19.8 Å². The highest BCUT2D eigenvalue weighted by Crippen LogP contribution is 2.30. The number of aromatic nitrogens is 2. The molecule has 0 radical (unpaired) electrons. The number of amides is 1. The van der Waals surface area contributed by atoms with E-state index in [0.29, 0.717) is 23.9 Å². The monoisotopic (exact) mass is 301 g/mol. The maximum Gasteiger partial charge on any atom is 0.416 e. The molecule has 0 bridgehead atoms. The zero-order valence-corrected chi connectivity index (χ0v) is 10.9. The lowest BCUT2D eigenvalue weighted by atomic mass is 10.1. The van der Waals surface area contributed by atoms with Gasteiger partial charge in [0.15, 0.2) is 0 Å². The topological polar surface area (TPSA) is 46.9 Å². The molecular formula is C13H11F4N3O. The Bertz CT molecular complexity index is 664. The van der Waals surface area contributed by atoms with E-state index in [1.54, 1.807) is 13.1 Å². The Morgan fingerprint density at radius 3 is 2.62 bits per heavy atom. The molecule has 1 heterocycles. The van der Waals surface area contributed by atoms with E-state index in [2.05, 4.69) is 10.4 Å². The first kappa shape index (κ1) is 15.0. The second-order valence-corrected chi connectivity index (χ2v) is 4.32. The summed E-state index contributed by atoms with van der Waals surface area (Å²) in [6.07, 6.45) is -3.13. The van der Waals surface area contributed by atoms with Gasteiger partial charge in [0.05, 0.1) is 23.4 Å². The summed E-state index contributed by atoms with van der Waals surface area (Å²) in [6, 6.07) is 3.34. The molecule has 21 heavy (non-hydrogen) atoms. The molecule has 0 unspecified atom stereocenters. The lowest BCUT2D eigenvalue weighted by Gasteiger charge is -2.10. The highest BCUT2D eigenvalue weighted by molar-refractivity contribution is 5.94. The predicted octanol–water partition coefficient (Wildman–Crippen LogP) is 2.51. The molecule has 1 amide bonds. The van der Waals surface area contributed by atoms with Crippen LogP contribution in [0.1, 0.15) is 21.6 Å². The van der Waals surface area contributed by atoms with Crippen molar-refractivity contribution in [3.05, 3.63) is 53.1 Å². The molecule has 0 saturated heterocycles. The van der Waals surface area contributed by atoms with Crippen LogP contribution in [0.2, 0.25) is 0 Å². The lowest BCUT2D eigenvalue weighted by molar-refractivity contribution is -0.137. The van der Waals surface area contributed by atoms with E-state index in [-0.39, 0.29) is 6.54 Å². The summed E-state index contributed by atoms with van der Waals surface area (Å²) in [6.45, 7) is 0.0328. The fourth-order valence-corrected chi connectivity index (χ4v) is 1.72. The van der Waals surface area contributed by atoms with Gasteiger partial charge >= 0.3 is 6.18 Å². The minimum absolute atomic E-state index is 0.0328. The molecule has 0 atom stereocenters. The van der Waals surface area contributed by atoms with Crippen LogP contribution >= 0.6 is 0 Å². The number of rotatable bonds is 3. The Balaban J connectivity index is 2.17. The fraction of sp³-hybridized carbons (Fsp3) is 0.231. The Morgan fingerprint density at radius 1 is 1.33 bits per heavy atom. The van der Waals surface area contributed by atoms with Gasteiger partial charge in [0.2, 0.25) is 0 Å². The lowest BCUT2D eigenvalue weighted by Crippen LogP contribution is -2.25. The summed E-state index contributed by atoms with van der Waals surface area (Å²) in [5, 5.41) is 6.23. The van der Waals surface area contributed by atoms with Crippen LogP contribution in [0.3, 0.4) is 0 Å². The second kappa shape index (κ2) is 5.55. The van der Waals surface area contributed by atoms with Crippen molar-refractivity contribution in [1.29, 1.82) is 0 Å². The summed E-state index contributed by atoms with van der Waals surface area (Å²) in [4.78, 5) is 11.8. The van der Waals surface area contributed by atoms with Crippen molar-refractivity contribution in [1.82, 2.24) is 15.1 Å². The Kier molecular flexibility index (Phi) is 3.97. The fourth-order valence-electron chi connectivity index (χ4n) is 1.72. The summed E-state index contributed by atoms with van der Waals surface area (Å²) in [5.74, 6) is -1.93. The van der Waals surface area contributed by atoms with Crippen molar-refractivity contribution in [3.63, 3.8) is 0 Å². The summed E-state index contributed by atoms with van der Waals surface area (Å²) in [7, 11) is 1.65. The molecular weight excluding hydrogens is 290 g/mol. The molecule has 0 aliphatic carbocycles. The van der Waals surface area contributed by atoms with Gasteiger partial charge < -0.3 is 5.32 Å². The predicted molar refractivity (Wildman–Crippen MR) is 65.8 cm³/mol. The molecule has 1 aromatic carbocycles. The van der Waals surface area contributed by atoms with Crippen LogP contribution < -0.4 is 5.32 Å². The number of hydrogen-bond acceptors (Lipinski definition) is 2. The summed E-state index contributed by atoms with van der Waals surface area (Å²) < 4.78 is 52.7. The van der Waals surface area contributed by atoms with Gasteiger partial charge in [0, 0.05) is 13.2 Å². The third-order valence-electron chi connectivity index (χ3n) is 2.89. The van der Waals surface area contributed by atoms with Crippen molar-refractivity contribution in [2.24, 2.45) is 7.05 Å². The minimum atomic E-state index is -4.63. The molecule has 1 N–H and O–H groups in total. The van der Waals surface area contributed by atoms with E-state index in [4.69, 9.17) is 0 Å². The zero-order valence-electron chi connectivity index (χ0n) is 10.9. The van der Waals surface area contributed by atoms with Gasteiger partial charge in [-0.05, 0) is 24.3 Å². The molecule has 2 rings (SSSR count). The molecule has 0 spiro atoms. The van der Waals surface area contributed by atoms with Gasteiger partial charge in [-0.3, -0.25) is 9.48 Å². The van der Waals surface area contributed by atoms with E-state index >= 15 is 0 Å². The van der Waals surface area contributed by atoms with Gasteiger partial charge in [0.25, 0.3) is 5.91 Å². The molecule has 0 aliphatic heterocycles. The van der Waals surface area contributed by atoms with Crippen LogP contribution in [0, 0.1) is 5.82 Å². The Labute approximate surface area is 117 Å². The maximum absolute atomic E-state index is 13.5. The van der Waals surface area contributed by atoms with Crippen molar-refractivity contribution < 1.29 is 22.4 Å². The van der Waals surface area contributed by atoms with Gasteiger partial charge in [-0.15, -0.1) is 0 Å². The van der Waals surface area contributed by atoms with Crippen molar-refractivity contribution >= 4 is 5.91 Å². The largest absolute Gasteiger partial charge is 0.416 e. The number of nitrogens with one attached hydrogen (secondary N) is 1. The van der Waals surface area contributed by atoms with Crippen LogP contribution in [0.5, 0.6) is 0 Å². The number of carbonyl (C=O) groups excluding carboxylic acids is 1. The number of carbonyl (C=O) groups is 1. The average Bonchev–Trinajstić information content (AvgIpc) is 2.80. The SMILES string of the molecule is Cn1nccc1CNC(=O)c1cc(C(F)(F)F)ccc1F. The van der Waals surface area contributed by atoms with Gasteiger partial charge in [-0.25, -0.2) is 4.39 Å². The molecule has 0 saturated carbocycles. The van der Waals surface area contributed by atoms with Crippen LogP contribution in [0.15, 0.2) is 30.5 Å². The Morgan fingerprint density at radius 2 is 2.05 bits per heavy atom.